The molecule has 3 aromatic heterocycles. The van der Waals surface area contributed by atoms with E-state index in [9.17, 15) is 0 Å². The molecule has 6 nitrogen and oxygen atoms in total. The summed E-state index contributed by atoms with van der Waals surface area (Å²) in [6, 6.07) is 20.2. The van der Waals surface area contributed by atoms with Crippen LogP contribution < -0.4 is 14.8 Å². The first-order valence-electron chi connectivity index (χ1n) is 10.1. The Hall–Kier alpha value is -3.58. The highest BCUT2D eigenvalue weighted by atomic mass is 32.1. The van der Waals surface area contributed by atoms with Crippen molar-refractivity contribution in [3.05, 3.63) is 66.9 Å². The molecule has 7 heteroatoms. The maximum atomic E-state index is 5.80. The lowest BCUT2D eigenvalue weighted by molar-refractivity contribution is 0.230. The maximum absolute atomic E-state index is 5.80. The van der Waals surface area contributed by atoms with Gasteiger partial charge in [-0.3, -0.25) is 0 Å². The molecule has 5 aromatic rings. The van der Waals surface area contributed by atoms with Crippen LogP contribution >= 0.6 is 11.3 Å². The van der Waals surface area contributed by atoms with E-state index in [0.717, 1.165) is 21.9 Å². The van der Waals surface area contributed by atoms with E-state index < -0.39 is 0 Å². The molecule has 0 aliphatic rings. The van der Waals surface area contributed by atoms with E-state index in [1.165, 1.54) is 10.1 Å². The highest BCUT2D eigenvalue weighted by molar-refractivity contribution is 7.22. The van der Waals surface area contributed by atoms with Gasteiger partial charge in [-0.05, 0) is 55.6 Å². The molecule has 0 saturated heterocycles. The Kier molecular flexibility index (Phi) is 4.95. The zero-order chi connectivity index (χ0) is 21.4. The molecule has 0 fully saturated rings. The molecule has 0 aliphatic heterocycles. The van der Waals surface area contributed by atoms with Crippen LogP contribution in [0, 0.1) is 0 Å². The molecule has 0 amide bonds. The predicted molar refractivity (Wildman–Crippen MR) is 126 cm³/mol. The summed E-state index contributed by atoms with van der Waals surface area (Å²) in [4.78, 5) is 5.66. The Bertz CT molecular complexity index is 1340. The summed E-state index contributed by atoms with van der Waals surface area (Å²) in [6.45, 7) is 3.98. The number of imidazole rings is 1. The first-order chi connectivity index (χ1) is 15.1. The summed E-state index contributed by atoms with van der Waals surface area (Å²) in [7, 11) is 1.64. The average Bonchev–Trinajstić information content (AvgIpc) is 3.37. The second-order valence-electron chi connectivity index (χ2n) is 7.44. The summed E-state index contributed by atoms with van der Waals surface area (Å²) in [6.07, 6.45) is 1.95. The lowest BCUT2D eigenvalue weighted by atomic mass is 10.2. The van der Waals surface area contributed by atoms with Gasteiger partial charge in [0.2, 0.25) is 0 Å². The van der Waals surface area contributed by atoms with Gasteiger partial charge in [0.1, 0.15) is 5.69 Å². The standard InChI is InChI=1S/C24H22N4O2S/c1-15(2)30-19-9-8-17(13-20(19)29-3)26-23-10-11-24-25-14-18(28(24)27-23)22-12-16-6-4-5-7-21(16)31-22/h4-15H,1-3H3,(H,26,27). The van der Waals surface area contributed by atoms with E-state index in [0.29, 0.717) is 17.3 Å². The fourth-order valence-electron chi connectivity index (χ4n) is 3.46. The summed E-state index contributed by atoms with van der Waals surface area (Å²) in [5.74, 6) is 2.11. The lowest BCUT2D eigenvalue weighted by Crippen LogP contribution is -2.07. The topological polar surface area (TPSA) is 60.7 Å². The normalized spacial score (nSPS) is 11.4. The number of methoxy groups -OCH3 is 1. The van der Waals surface area contributed by atoms with E-state index in [-0.39, 0.29) is 6.10 Å². The minimum Gasteiger partial charge on any atom is -0.493 e. The van der Waals surface area contributed by atoms with Gasteiger partial charge in [0.25, 0.3) is 0 Å². The van der Waals surface area contributed by atoms with E-state index in [1.54, 1.807) is 18.4 Å². The van der Waals surface area contributed by atoms with E-state index >= 15 is 0 Å². The largest absolute Gasteiger partial charge is 0.493 e. The number of nitrogens with one attached hydrogen (secondary N) is 1. The minimum atomic E-state index is 0.0744. The van der Waals surface area contributed by atoms with Gasteiger partial charge in [0.15, 0.2) is 23.0 Å². The fourth-order valence-corrected chi connectivity index (χ4v) is 4.52. The predicted octanol–water partition coefficient (Wildman–Crippen LogP) is 6.15. The third-order valence-corrected chi connectivity index (χ3v) is 5.98. The van der Waals surface area contributed by atoms with Crippen molar-refractivity contribution in [1.29, 1.82) is 0 Å². The Morgan fingerprint density at radius 3 is 2.68 bits per heavy atom. The van der Waals surface area contributed by atoms with Gasteiger partial charge >= 0.3 is 0 Å². The van der Waals surface area contributed by atoms with Gasteiger partial charge in [0, 0.05) is 16.5 Å². The van der Waals surface area contributed by atoms with Crippen LogP contribution in [0.1, 0.15) is 13.8 Å². The van der Waals surface area contributed by atoms with Crippen molar-refractivity contribution in [3.63, 3.8) is 0 Å². The smallest absolute Gasteiger partial charge is 0.162 e. The second kappa shape index (κ2) is 7.92. The van der Waals surface area contributed by atoms with Gasteiger partial charge < -0.3 is 14.8 Å². The Morgan fingerprint density at radius 2 is 1.87 bits per heavy atom. The van der Waals surface area contributed by atoms with E-state index in [2.05, 4.69) is 40.6 Å². The van der Waals surface area contributed by atoms with Crippen LogP contribution in [0.25, 0.3) is 26.3 Å². The van der Waals surface area contributed by atoms with Crippen LogP contribution in [0.2, 0.25) is 0 Å². The summed E-state index contributed by atoms with van der Waals surface area (Å²) >= 11 is 1.74. The Balaban J connectivity index is 1.48. The molecule has 0 bridgehead atoms. The number of nitrogens with zero attached hydrogens (tertiary/aromatic N) is 3. The first-order valence-corrected chi connectivity index (χ1v) is 10.9. The molecule has 31 heavy (non-hydrogen) atoms. The Labute approximate surface area is 184 Å². The summed E-state index contributed by atoms with van der Waals surface area (Å²) < 4.78 is 14.4. The quantitative estimate of drug-likeness (QED) is 0.350. The molecular weight excluding hydrogens is 408 g/mol. The van der Waals surface area contributed by atoms with E-state index in [4.69, 9.17) is 14.6 Å². The SMILES string of the molecule is COc1cc(Nc2ccc3ncc(-c4cc5ccccc5s4)n3n2)ccc1OC(C)C. The van der Waals surface area contributed by atoms with Crippen LogP contribution in [0.4, 0.5) is 11.5 Å². The number of aromatic nitrogens is 3. The summed E-state index contributed by atoms with van der Waals surface area (Å²) in [5.41, 5.74) is 2.64. The van der Waals surface area contributed by atoms with Crippen molar-refractivity contribution in [3.8, 4) is 22.1 Å². The molecule has 1 N–H and O–H groups in total. The molecule has 0 aliphatic carbocycles. The van der Waals surface area contributed by atoms with E-state index in [1.807, 2.05) is 54.9 Å². The average molecular weight is 431 g/mol. The number of benzene rings is 2. The molecule has 3 heterocycles. The molecule has 0 spiro atoms. The van der Waals surface area contributed by atoms with Crippen LogP contribution in [0.5, 0.6) is 11.5 Å². The molecule has 0 saturated carbocycles. The van der Waals surface area contributed by atoms with Crippen LogP contribution in [-0.2, 0) is 0 Å². The highest BCUT2D eigenvalue weighted by Gasteiger charge is 2.12. The van der Waals surface area contributed by atoms with Crippen molar-refractivity contribution in [1.82, 2.24) is 14.6 Å². The van der Waals surface area contributed by atoms with Crippen molar-refractivity contribution in [2.75, 3.05) is 12.4 Å². The zero-order valence-electron chi connectivity index (χ0n) is 17.5. The summed E-state index contributed by atoms with van der Waals surface area (Å²) in [5, 5.41) is 9.36. The molecule has 156 valence electrons. The van der Waals surface area contributed by atoms with Crippen LogP contribution in [-0.4, -0.2) is 27.8 Å². The number of fused-ring (bicyclic) bond motifs is 2. The maximum Gasteiger partial charge on any atom is 0.162 e. The van der Waals surface area contributed by atoms with Crippen molar-refractivity contribution >= 4 is 38.6 Å². The third kappa shape index (κ3) is 3.80. The molecule has 0 unspecified atom stereocenters. The molecule has 0 radical (unpaired) electrons. The van der Waals surface area contributed by atoms with Gasteiger partial charge in [-0.1, -0.05) is 18.2 Å². The lowest BCUT2D eigenvalue weighted by Gasteiger charge is -2.15. The molecular formula is C24H22N4O2S. The van der Waals surface area contributed by atoms with Gasteiger partial charge in [-0.15, -0.1) is 16.4 Å². The number of thiophene rings is 1. The van der Waals surface area contributed by atoms with Gasteiger partial charge in [0.05, 0.1) is 24.3 Å². The zero-order valence-corrected chi connectivity index (χ0v) is 18.3. The number of hydrogen-bond donors (Lipinski definition) is 1. The third-order valence-electron chi connectivity index (χ3n) is 4.84. The molecule has 2 aromatic carbocycles. The van der Waals surface area contributed by atoms with Crippen LogP contribution in [0.3, 0.4) is 0 Å². The number of rotatable bonds is 6. The molecule has 5 rings (SSSR count). The van der Waals surface area contributed by atoms with Crippen LogP contribution in [0.15, 0.2) is 66.9 Å². The van der Waals surface area contributed by atoms with Gasteiger partial charge in [-0.2, -0.15) is 0 Å². The number of ether oxygens (including phenoxy) is 2. The number of hydrogen-bond acceptors (Lipinski definition) is 6. The van der Waals surface area contributed by atoms with Gasteiger partial charge in [-0.25, -0.2) is 9.50 Å². The van der Waals surface area contributed by atoms with Crippen molar-refractivity contribution < 1.29 is 9.47 Å². The monoisotopic (exact) mass is 430 g/mol. The first kappa shape index (κ1) is 19.4. The minimum absolute atomic E-state index is 0.0744. The fraction of sp³-hybridized carbons (Fsp3) is 0.167. The molecule has 0 atom stereocenters. The highest BCUT2D eigenvalue weighted by Crippen LogP contribution is 2.34. The Morgan fingerprint density at radius 1 is 1.00 bits per heavy atom. The number of anilines is 2. The van der Waals surface area contributed by atoms with Crippen molar-refractivity contribution in [2.24, 2.45) is 0 Å². The second-order valence-corrected chi connectivity index (χ2v) is 8.52. The van der Waals surface area contributed by atoms with Crippen molar-refractivity contribution in [2.45, 2.75) is 20.0 Å².